The molecule has 10 aromatic rings. The van der Waals surface area contributed by atoms with Crippen LogP contribution in [0, 0.1) is 0 Å². The van der Waals surface area contributed by atoms with Gasteiger partial charge >= 0.3 is 0 Å². The Morgan fingerprint density at radius 2 is 0.792 bits per heavy atom. The number of hydrogen-bond acceptors (Lipinski definition) is 0. The molecule has 0 aliphatic rings. The Morgan fingerprint density at radius 3 is 1.54 bits per heavy atom. The summed E-state index contributed by atoms with van der Waals surface area (Å²) in [5.41, 5.74) is 5.55. The van der Waals surface area contributed by atoms with Crippen LogP contribution in [0.3, 0.4) is 0 Å². The third kappa shape index (κ3) is 4.24. The SMILES string of the molecule is [2H]c1c([2H])c2c([2H])c([2H])c3c([2H])c([2H])c(-c4cccc(-c5ccc6ccccc6c5)c4)c4c([2H])c([2H])c(c1-c1ccc(-c5cccc6ccccc56)cc1)c2c34. The maximum atomic E-state index is 9.59. The van der Waals surface area contributed by atoms with Crippen LogP contribution in [0.5, 0.6) is 0 Å². The van der Waals surface area contributed by atoms with Gasteiger partial charge in [-0.1, -0.05) is 170 Å². The van der Waals surface area contributed by atoms with E-state index in [0.717, 1.165) is 43.8 Å². The van der Waals surface area contributed by atoms with Crippen LogP contribution in [-0.4, -0.2) is 0 Å². The van der Waals surface area contributed by atoms with Crippen LogP contribution in [-0.2, 0) is 0 Å². The monoisotopic (exact) mass is 614 g/mol. The molecule has 0 bridgehead atoms. The van der Waals surface area contributed by atoms with Crippen LogP contribution in [0.1, 0.15) is 11.0 Å². The average Bonchev–Trinajstić information content (AvgIpc) is 3.23. The normalized spacial score (nSPS) is 14.1. The van der Waals surface area contributed by atoms with Crippen molar-refractivity contribution in [2.75, 3.05) is 0 Å². The van der Waals surface area contributed by atoms with Crippen molar-refractivity contribution in [2.45, 2.75) is 0 Å². The molecule has 10 aromatic carbocycles. The molecule has 0 radical (unpaired) electrons. The molecule has 0 heteroatoms. The van der Waals surface area contributed by atoms with Crippen LogP contribution >= 0.6 is 0 Å². The second-order valence-corrected chi connectivity index (χ2v) is 12.2. The topological polar surface area (TPSA) is 0 Å². The fraction of sp³-hybridized carbons (Fsp3) is 0. The van der Waals surface area contributed by atoms with Crippen molar-refractivity contribution in [3.63, 3.8) is 0 Å². The van der Waals surface area contributed by atoms with E-state index in [4.69, 9.17) is 2.74 Å². The Kier molecular flexibility index (Phi) is 4.46. The van der Waals surface area contributed by atoms with Gasteiger partial charge in [-0.2, -0.15) is 0 Å². The van der Waals surface area contributed by atoms with E-state index in [2.05, 4.69) is 48.5 Å². The zero-order valence-corrected chi connectivity index (χ0v) is 25.7. The third-order valence-corrected chi connectivity index (χ3v) is 9.51. The fourth-order valence-electron chi connectivity index (χ4n) is 7.14. The standard InChI is InChI=1S/C48H30/c1-2-9-37-29-39(22-15-31(37)7-1)38-11-5-12-40(30-38)44-26-24-36-21-20-35-23-25-43(45-27-28-46(44)48(36)47(35)45)34-18-16-33(17-19-34)42-14-6-10-32-8-3-4-13-41(32)42/h1-30H/i20D,21D,23D,24D,25D,26D,27D,28D. The number of fused-ring (bicyclic) bond motifs is 2. The minimum absolute atomic E-state index is 0.0322. The van der Waals surface area contributed by atoms with Crippen molar-refractivity contribution in [2.24, 2.45) is 0 Å². The minimum Gasteiger partial charge on any atom is -0.0616 e. The molecule has 0 aliphatic carbocycles. The first-order chi connectivity index (χ1) is 27.1. The van der Waals surface area contributed by atoms with E-state index in [1.165, 1.54) is 0 Å². The number of benzene rings is 10. The van der Waals surface area contributed by atoms with Gasteiger partial charge in [0.15, 0.2) is 0 Å². The highest BCUT2D eigenvalue weighted by molar-refractivity contribution is 6.27. The van der Waals surface area contributed by atoms with Gasteiger partial charge in [0, 0.05) is 0 Å². The highest BCUT2D eigenvalue weighted by Crippen LogP contribution is 2.43. The van der Waals surface area contributed by atoms with E-state index >= 15 is 0 Å². The smallest absolute Gasteiger partial charge is 0.0616 e. The highest BCUT2D eigenvalue weighted by atomic mass is 14.2. The number of hydrogen-bond donors (Lipinski definition) is 0. The van der Waals surface area contributed by atoms with Crippen molar-refractivity contribution in [3.05, 3.63) is 182 Å². The van der Waals surface area contributed by atoms with Crippen LogP contribution in [0.25, 0.3) is 98.4 Å². The summed E-state index contributed by atoms with van der Waals surface area (Å²) in [4.78, 5) is 0. The molecule has 48 heavy (non-hydrogen) atoms. The fourth-order valence-corrected chi connectivity index (χ4v) is 7.14. The molecule has 0 aliphatic heterocycles. The zero-order valence-electron chi connectivity index (χ0n) is 33.7. The molecular formula is C48H30. The van der Waals surface area contributed by atoms with Crippen LogP contribution in [0.2, 0.25) is 0 Å². The summed E-state index contributed by atoms with van der Waals surface area (Å²) in [7, 11) is 0. The predicted molar refractivity (Wildman–Crippen MR) is 207 cm³/mol. The largest absolute Gasteiger partial charge is 0.0630 e. The summed E-state index contributed by atoms with van der Waals surface area (Å²) >= 11 is 0. The molecule has 0 N–H and O–H groups in total. The summed E-state index contributed by atoms with van der Waals surface area (Å²) < 4.78 is 74.5. The molecule has 222 valence electrons. The Bertz CT molecular complexity index is 3270. The first-order valence-electron chi connectivity index (χ1n) is 20.0. The lowest BCUT2D eigenvalue weighted by Gasteiger charge is -2.17. The third-order valence-electron chi connectivity index (χ3n) is 9.51. The van der Waals surface area contributed by atoms with Crippen molar-refractivity contribution in [3.8, 4) is 44.5 Å². The summed E-state index contributed by atoms with van der Waals surface area (Å²) in [6, 6.07) is 41.8. The van der Waals surface area contributed by atoms with Gasteiger partial charge < -0.3 is 0 Å². The lowest BCUT2D eigenvalue weighted by molar-refractivity contribution is 1.62. The molecule has 0 amide bonds. The van der Waals surface area contributed by atoms with Crippen molar-refractivity contribution in [1.82, 2.24) is 0 Å². The molecule has 0 nitrogen and oxygen atoms in total. The highest BCUT2D eigenvalue weighted by Gasteiger charge is 2.16. The second-order valence-electron chi connectivity index (χ2n) is 12.2. The quantitative estimate of drug-likeness (QED) is 0.173. The first-order valence-corrected chi connectivity index (χ1v) is 16.0. The predicted octanol–water partition coefficient (Wildman–Crippen LogP) is 13.6. The van der Waals surface area contributed by atoms with Crippen LogP contribution in [0.4, 0.5) is 0 Å². The van der Waals surface area contributed by atoms with E-state index in [0.29, 0.717) is 21.9 Å². The minimum atomic E-state index is -0.337. The van der Waals surface area contributed by atoms with E-state index in [-0.39, 0.29) is 81.0 Å². The Labute approximate surface area is 290 Å². The van der Waals surface area contributed by atoms with Gasteiger partial charge in [0.2, 0.25) is 0 Å². The molecule has 0 spiro atoms. The van der Waals surface area contributed by atoms with Gasteiger partial charge in [-0.3, -0.25) is 0 Å². The van der Waals surface area contributed by atoms with Crippen LogP contribution < -0.4 is 0 Å². The molecule has 0 fully saturated rings. The maximum absolute atomic E-state index is 9.59. The molecule has 0 saturated carbocycles. The van der Waals surface area contributed by atoms with E-state index < -0.39 is 0 Å². The van der Waals surface area contributed by atoms with Gasteiger partial charge in [0.1, 0.15) is 0 Å². The molecule has 0 aromatic heterocycles. The van der Waals surface area contributed by atoms with Gasteiger partial charge in [0.25, 0.3) is 0 Å². The Hall–Kier alpha value is -6.24. The number of rotatable bonds is 4. The molecule has 0 unspecified atom stereocenters. The maximum Gasteiger partial charge on any atom is 0.0630 e. The first kappa shape index (κ1) is 20.1. The average molecular weight is 615 g/mol. The second kappa shape index (κ2) is 10.7. The molecule has 0 atom stereocenters. The lowest BCUT2D eigenvalue weighted by Crippen LogP contribution is -1.90. The Morgan fingerprint density at radius 1 is 0.271 bits per heavy atom. The molecule has 10 rings (SSSR count). The van der Waals surface area contributed by atoms with Crippen molar-refractivity contribution < 1.29 is 11.0 Å². The van der Waals surface area contributed by atoms with E-state index in [9.17, 15) is 8.22 Å². The zero-order chi connectivity index (χ0) is 38.6. The molecule has 0 heterocycles. The molecular weight excluding hydrogens is 577 g/mol. The summed E-state index contributed by atoms with van der Waals surface area (Å²) in [6.45, 7) is 0. The van der Waals surface area contributed by atoms with Crippen molar-refractivity contribution >= 4 is 53.9 Å². The molecule has 0 saturated heterocycles. The van der Waals surface area contributed by atoms with Crippen molar-refractivity contribution in [1.29, 1.82) is 0 Å². The summed E-state index contributed by atoms with van der Waals surface area (Å²) in [5.74, 6) is 0. The van der Waals surface area contributed by atoms with Gasteiger partial charge in [-0.15, -0.1) is 0 Å². The van der Waals surface area contributed by atoms with E-state index in [1.54, 1.807) is 0 Å². The van der Waals surface area contributed by atoms with Crippen LogP contribution in [0.15, 0.2) is 182 Å². The Balaban J connectivity index is 1.25. The summed E-state index contributed by atoms with van der Waals surface area (Å²) in [6.07, 6.45) is 0. The summed E-state index contributed by atoms with van der Waals surface area (Å²) in [5, 5.41) is 5.50. The van der Waals surface area contributed by atoms with E-state index in [1.807, 2.05) is 84.9 Å². The van der Waals surface area contributed by atoms with Gasteiger partial charge in [0.05, 0.1) is 11.0 Å². The van der Waals surface area contributed by atoms with Gasteiger partial charge in [-0.05, 0) is 111 Å². The van der Waals surface area contributed by atoms with Gasteiger partial charge in [-0.25, -0.2) is 0 Å². The lowest BCUT2D eigenvalue weighted by atomic mass is 9.86.